The Morgan fingerprint density at radius 1 is 1.30 bits per heavy atom. The number of rotatable bonds is 6. The van der Waals surface area contributed by atoms with Crippen molar-refractivity contribution in [3.05, 3.63) is 34.3 Å². The van der Waals surface area contributed by atoms with Gasteiger partial charge in [-0.15, -0.1) is 4.72 Å². The summed E-state index contributed by atoms with van der Waals surface area (Å²) in [5.41, 5.74) is 1.11. The minimum atomic E-state index is -1.14. The van der Waals surface area contributed by atoms with Crippen molar-refractivity contribution in [1.29, 1.82) is 0 Å². The van der Waals surface area contributed by atoms with Crippen LogP contribution < -0.4 is 4.72 Å². The molecule has 1 aliphatic rings. The molecule has 0 amide bonds. The minimum absolute atomic E-state index is 0.0141. The number of hydrogen-bond donors (Lipinski definition) is 1. The third-order valence-corrected chi connectivity index (χ3v) is 6.01. The molecule has 1 aliphatic heterocycles. The smallest absolute Gasteiger partial charge is 0.157 e. The van der Waals surface area contributed by atoms with Gasteiger partial charge in [-0.1, -0.05) is 34.1 Å². The van der Waals surface area contributed by atoms with E-state index < -0.39 is 11.4 Å². The van der Waals surface area contributed by atoms with Gasteiger partial charge < -0.3 is 14.0 Å². The molecule has 2 rings (SSSR count). The summed E-state index contributed by atoms with van der Waals surface area (Å²) in [6.07, 6.45) is 2.38. The van der Waals surface area contributed by atoms with E-state index >= 15 is 0 Å². The summed E-state index contributed by atoms with van der Waals surface area (Å²) in [7, 11) is 0. The molecule has 1 fully saturated rings. The molecule has 0 bridgehead atoms. The molecule has 1 aromatic rings. The largest absolute Gasteiger partial charge is 0.598 e. The van der Waals surface area contributed by atoms with Crippen LogP contribution in [0.5, 0.6) is 0 Å². The van der Waals surface area contributed by atoms with Gasteiger partial charge in [0.05, 0.1) is 19.3 Å². The second kappa shape index (κ2) is 8.83. The molecule has 1 saturated heterocycles. The summed E-state index contributed by atoms with van der Waals surface area (Å²) in [6.45, 7) is 7.43. The lowest BCUT2D eigenvalue weighted by Gasteiger charge is -2.30. The fourth-order valence-electron chi connectivity index (χ4n) is 2.35. The van der Waals surface area contributed by atoms with Gasteiger partial charge in [-0.25, -0.2) is 0 Å². The lowest BCUT2D eigenvalue weighted by Crippen LogP contribution is -2.41. The highest BCUT2D eigenvalue weighted by molar-refractivity contribution is 9.10. The summed E-state index contributed by atoms with van der Waals surface area (Å²) in [5, 5.41) is 0. The molecule has 6 heteroatoms. The highest BCUT2D eigenvalue weighted by atomic mass is 79.9. The molecule has 4 nitrogen and oxygen atoms in total. The Hall–Kier alpha value is -0.110. The van der Waals surface area contributed by atoms with Crippen molar-refractivity contribution in [2.75, 3.05) is 13.2 Å². The first kappa shape index (κ1) is 19.2. The molecule has 1 heterocycles. The highest BCUT2D eigenvalue weighted by Gasteiger charge is 2.31. The van der Waals surface area contributed by atoms with Gasteiger partial charge in [0.25, 0.3) is 0 Å². The van der Waals surface area contributed by atoms with E-state index in [0.29, 0.717) is 0 Å². The van der Waals surface area contributed by atoms with Crippen molar-refractivity contribution in [2.24, 2.45) is 0 Å². The van der Waals surface area contributed by atoms with Crippen LogP contribution in [0.1, 0.15) is 51.6 Å². The monoisotopic (exact) mass is 403 g/mol. The highest BCUT2D eigenvalue weighted by Crippen LogP contribution is 2.30. The Bertz CT molecular complexity index is 489. The topological polar surface area (TPSA) is 53.5 Å². The van der Waals surface area contributed by atoms with Gasteiger partial charge in [-0.3, -0.25) is 0 Å². The van der Waals surface area contributed by atoms with Gasteiger partial charge in [0.1, 0.15) is 4.75 Å². The lowest BCUT2D eigenvalue weighted by atomic mass is 10.0. The van der Waals surface area contributed by atoms with Gasteiger partial charge in [0, 0.05) is 22.3 Å². The molecule has 0 saturated carbocycles. The number of ether oxygens (including phenoxy) is 2. The molecule has 130 valence electrons. The number of halogens is 1. The normalized spacial score (nSPS) is 19.5. The molecule has 1 N–H and O–H groups in total. The van der Waals surface area contributed by atoms with E-state index in [1.807, 2.05) is 39.0 Å². The van der Waals surface area contributed by atoms with Gasteiger partial charge in [0.2, 0.25) is 0 Å². The molecule has 0 radical (unpaired) electrons. The van der Waals surface area contributed by atoms with E-state index in [0.717, 1.165) is 42.5 Å². The summed E-state index contributed by atoms with van der Waals surface area (Å²) < 4.78 is 27.8. The van der Waals surface area contributed by atoms with E-state index in [1.165, 1.54) is 0 Å². The fourth-order valence-corrected chi connectivity index (χ4v) is 3.77. The number of hydrogen-bond acceptors (Lipinski definition) is 4. The first-order valence-corrected chi connectivity index (χ1v) is 9.98. The van der Waals surface area contributed by atoms with E-state index in [4.69, 9.17) is 9.47 Å². The standard InChI is InChI=1S/C17H26BrNO3S/c1-17(2,3)23(20)19-15(13-7-4-5-8-14(13)18)9-10-16-21-11-6-12-22-16/h4-5,7-8,15-16,19H,6,9-12H2,1-3H3/t15?,23-/m1/s1. The van der Waals surface area contributed by atoms with Crippen LogP contribution in [0.3, 0.4) is 0 Å². The van der Waals surface area contributed by atoms with Gasteiger partial charge in [-0.05, 0) is 45.2 Å². The average molecular weight is 404 g/mol. The second-order valence-corrected chi connectivity index (χ2v) is 9.53. The van der Waals surface area contributed by atoms with Crippen molar-refractivity contribution >= 4 is 27.3 Å². The van der Waals surface area contributed by atoms with Crippen LogP contribution in [0.25, 0.3) is 0 Å². The second-order valence-electron chi connectivity index (χ2n) is 6.68. The van der Waals surface area contributed by atoms with Crippen molar-refractivity contribution in [1.82, 2.24) is 4.72 Å². The number of nitrogens with one attached hydrogen (secondary N) is 1. The summed E-state index contributed by atoms with van der Waals surface area (Å²) in [4.78, 5) is 0. The molecule has 2 atom stereocenters. The van der Waals surface area contributed by atoms with Crippen molar-refractivity contribution in [3.63, 3.8) is 0 Å². The maximum atomic E-state index is 12.5. The van der Waals surface area contributed by atoms with Gasteiger partial charge >= 0.3 is 0 Å². The fraction of sp³-hybridized carbons (Fsp3) is 0.647. The van der Waals surface area contributed by atoms with Crippen LogP contribution in [-0.2, 0) is 20.8 Å². The Labute approximate surface area is 150 Å². The summed E-state index contributed by atoms with van der Waals surface area (Å²) in [5.74, 6) is 0. The van der Waals surface area contributed by atoms with Crippen molar-refractivity contribution in [2.45, 2.75) is 57.1 Å². The first-order chi connectivity index (χ1) is 10.9. The molecular weight excluding hydrogens is 378 g/mol. The van der Waals surface area contributed by atoms with E-state index in [2.05, 4.69) is 26.7 Å². The third kappa shape index (κ3) is 6.03. The van der Waals surface area contributed by atoms with Crippen molar-refractivity contribution in [3.8, 4) is 0 Å². The van der Waals surface area contributed by atoms with Crippen LogP contribution >= 0.6 is 15.9 Å². The molecule has 0 aliphatic carbocycles. The third-order valence-electron chi connectivity index (χ3n) is 3.67. The molecule has 0 aromatic heterocycles. The van der Waals surface area contributed by atoms with Crippen LogP contribution in [-0.4, -0.2) is 28.8 Å². The Morgan fingerprint density at radius 2 is 1.96 bits per heavy atom. The zero-order chi connectivity index (χ0) is 16.9. The zero-order valence-corrected chi connectivity index (χ0v) is 16.4. The van der Waals surface area contributed by atoms with E-state index in [-0.39, 0.29) is 17.1 Å². The number of benzene rings is 1. The van der Waals surface area contributed by atoms with Crippen LogP contribution in [0.2, 0.25) is 0 Å². The quantitative estimate of drug-likeness (QED) is 0.726. The van der Waals surface area contributed by atoms with Crippen LogP contribution in [0, 0.1) is 0 Å². The van der Waals surface area contributed by atoms with Crippen LogP contribution in [0.15, 0.2) is 28.7 Å². The Morgan fingerprint density at radius 3 is 2.57 bits per heavy atom. The van der Waals surface area contributed by atoms with E-state index in [1.54, 1.807) is 0 Å². The molecular formula is C17H26BrNO3S. The minimum Gasteiger partial charge on any atom is -0.598 e. The van der Waals surface area contributed by atoms with Gasteiger partial charge in [-0.2, -0.15) is 0 Å². The van der Waals surface area contributed by atoms with Crippen molar-refractivity contribution < 1.29 is 14.0 Å². The maximum Gasteiger partial charge on any atom is 0.157 e. The first-order valence-electron chi connectivity index (χ1n) is 8.03. The SMILES string of the molecule is CC(C)(C)[S@@+]([O-])NC(CCC1OCCCO1)c1ccccc1Br. The molecule has 23 heavy (non-hydrogen) atoms. The molecule has 1 aromatic carbocycles. The zero-order valence-electron chi connectivity index (χ0n) is 14.0. The predicted molar refractivity (Wildman–Crippen MR) is 97.5 cm³/mol. The summed E-state index contributed by atoms with van der Waals surface area (Å²) in [6, 6.07) is 8.04. The predicted octanol–water partition coefficient (Wildman–Crippen LogP) is 4.09. The maximum absolute atomic E-state index is 12.5. The Balaban J connectivity index is 2.06. The average Bonchev–Trinajstić information content (AvgIpc) is 2.52. The Kier molecular flexibility index (Phi) is 7.38. The van der Waals surface area contributed by atoms with Crippen LogP contribution in [0.4, 0.5) is 0 Å². The molecule has 0 spiro atoms. The van der Waals surface area contributed by atoms with Gasteiger partial charge in [0.15, 0.2) is 6.29 Å². The molecule has 1 unspecified atom stereocenters. The summed E-state index contributed by atoms with van der Waals surface area (Å²) >= 11 is 2.47. The lowest BCUT2D eigenvalue weighted by molar-refractivity contribution is -0.182. The van der Waals surface area contributed by atoms with E-state index in [9.17, 15) is 4.55 Å².